The average Bonchev–Trinajstić information content (AvgIpc) is 2.57. The van der Waals surface area contributed by atoms with E-state index in [1.54, 1.807) is 31.2 Å². The minimum Gasteiger partial charge on any atom is -0.497 e. The van der Waals surface area contributed by atoms with Crippen molar-refractivity contribution >= 4 is 27.3 Å². The molecule has 0 aromatic heterocycles. The summed E-state index contributed by atoms with van der Waals surface area (Å²) < 4.78 is 31.2. The summed E-state index contributed by atoms with van der Waals surface area (Å²) in [5.74, 6) is 0.240. The number of nitrogens with zero attached hydrogens (tertiary/aromatic N) is 1. The fourth-order valence-electron chi connectivity index (χ4n) is 3.06. The number of methoxy groups -OCH3 is 1. The van der Waals surface area contributed by atoms with E-state index in [0.29, 0.717) is 23.5 Å². The molecule has 2 rings (SSSR count). The molecule has 7 heteroatoms. The van der Waals surface area contributed by atoms with Crippen molar-refractivity contribution < 1.29 is 17.9 Å². The highest BCUT2D eigenvalue weighted by atomic mass is 32.2. The van der Waals surface area contributed by atoms with Gasteiger partial charge in [0.1, 0.15) is 11.8 Å². The highest BCUT2D eigenvalue weighted by Crippen LogP contribution is 2.26. The largest absolute Gasteiger partial charge is 0.497 e. The Hall–Kier alpha value is -2.54. The van der Waals surface area contributed by atoms with Crippen molar-refractivity contribution in [3.8, 4) is 5.75 Å². The van der Waals surface area contributed by atoms with Gasteiger partial charge in [-0.1, -0.05) is 13.0 Å². The Labute approximate surface area is 161 Å². The summed E-state index contributed by atoms with van der Waals surface area (Å²) >= 11 is 0. The third-order valence-corrected chi connectivity index (χ3v) is 5.33. The van der Waals surface area contributed by atoms with E-state index in [1.165, 1.54) is 7.11 Å². The van der Waals surface area contributed by atoms with E-state index in [0.717, 1.165) is 21.7 Å². The molecule has 0 radical (unpaired) electrons. The van der Waals surface area contributed by atoms with E-state index < -0.39 is 16.1 Å². The number of aryl methyl sites for hydroxylation is 2. The van der Waals surface area contributed by atoms with Gasteiger partial charge in [0.05, 0.1) is 19.1 Å². The van der Waals surface area contributed by atoms with Gasteiger partial charge in [-0.25, -0.2) is 8.42 Å². The van der Waals surface area contributed by atoms with Crippen LogP contribution < -0.4 is 14.4 Å². The van der Waals surface area contributed by atoms with Crippen LogP contribution in [0.4, 0.5) is 11.4 Å². The summed E-state index contributed by atoms with van der Waals surface area (Å²) in [6.45, 7) is 5.67. The van der Waals surface area contributed by atoms with Gasteiger partial charge in [-0.2, -0.15) is 0 Å². The maximum absolute atomic E-state index is 12.9. The lowest BCUT2D eigenvalue weighted by atomic mass is 10.1. The van der Waals surface area contributed by atoms with Crippen LogP contribution in [-0.2, 0) is 14.8 Å². The quantitative estimate of drug-likeness (QED) is 0.785. The van der Waals surface area contributed by atoms with Crippen molar-refractivity contribution in [2.75, 3.05) is 23.0 Å². The third-order valence-electron chi connectivity index (χ3n) is 4.15. The number of benzene rings is 2. The van der Waals surface area contributed by atoms with Gasteiger partial charge in [-0.15, -0.1) is 0 Å². The zero-order chi connectivity index (χ0) is 20.2. The number of sulfonamides is 1. The molecular weight excluding hydrogens is 364 g/mol. The Morgan fingerprint density at radius 3 is 2.11 bits per heavy atom. The average molecular weight is 391 g/mol. The monoisotopic (exact) mass is 390 g/mol. The summed E-state index contributed by atoms with van der Waals surface area (Å²) in [5.41, 5.74) is 3.11. The highest BCUT2D eigenvalue weighted by Gasteiger charge is 2.31. The van der Waals surface area contributed by atoms with Gasteiger partial charge in [-0.05, 0) is 67.8 Å². The molecule has 1 amide bonds. The van der Waals surface area contributed by atoms with Crippen LogP contribution >= 0.6 is 0 Å². The molecule has 1 unspecified atom stereocenters. The predicted molar refractivity (Wildman–Crippen MR) is 109 cm³/mol. The van der Waals surface area contributed by atoms with E-state index in [-0.39, 0.29) is 5.91 Å². The molecule has 2 aromatic rings. The molecule has 27 heavy (non-hydrogen) atoms. The fraction of sp³-hybridized carbons (Fsp3) is 0.350. The summed E-state index contributed by atoms with van der Waals surface area (Å²) in [6, 6.07) is 11.5. The van der Waals surface area contributed by atoms with Crippen molar-refractivity contribution in [2.45, 2.75) is 33.2 Å². The minimum atomic E-state index is -3.67. The molecule has 6 nitrogen and oxygen atoms in total. The molecule has 146 valence electrons. The molecule has 0 aliphatic rings. The number of nitrogens with one attached hydrogen (secondary N) is 1. The molecule has 0 bridgehead atoms. The van der Waals surface area contributed by atoms with Gasteiger partial charge in [0.25, 0.3) is 0 Å². The SMILES string of the molecule is CCC(C(=O)Nc1cc(C)cc(C)c1)N(c1ccc(OC)cc1)S(C)(=O)=O. The van der Waals surface area contributed by atoms with Gasteiger partial charge in [0.2, 0.25) is 15.9 Å². The zero-order valence-electron chi connectivity index (χ0n) is 16.3. The maximum Gasteiger partial charge on any atom is 0.248 e. The molecule has 1 atom stereocenters. The Kier molecular flexibility index (Phi) is 6.49. The third kappa shape index (κ3) is 5.23. The number of hydrogen-bond donors (Lipinski definition) is 1. The first-order valence-corrected chi connectivity index (χ1v) is 10.5. The normalized spacial score (nSPS) is 12.3. The molecule has 2 aromatic carbocycles. The first-order chi connectivity index (χ1) is 12.7. The van der Waals surface area contributed by atoms with Crippen LogP contribution in [0, 0.1) is 13.8 Å². The van der Waals surface area contributed by atoms with Crippen LogP contribution in [0.2, 0.25) is 0 Å². The Balaban J connectivity index is 2.37. The lowest BCUT2D eigenvalue weighted by Gasteiger charge is -2.30. The van der Waals surface area contributed by atoms with Crippen molar-refractivity contribution in [2.24, 2.45) is 0 Å². The second-order valence-corrected chi connectivity index (χ2v) is 8.41. The van der Waals surface area contributed by atoms with Crippen LogP contribution in [0.5, 0.6) is 5.75 Å². The van der Waals surface area contributed by atoms with Crippen LogP contribution in [-0.4, -0.2) is 33.7 Å². The maximum atomic E-state index is 12.9. The minimum absolute atomic E-state index is 0.329. The molecule has 0 saturated carbocycles. The molecule has 0 heterocycles. The van der Waals surface area contributed by atoms with E-state index in [2.05, 4.69) is 5.32 Å². The molecule has 0 aliphatic heterocycles. The fourth-order valence-corrected chi connectivity index (χ4v) is 4.27. The van der Waals surface area contributed by atoms with Gasteiger partial charge in [0.15, 0.2) is 0 Å². The number of carbonyl (C=O) groups is 1. The summed E-state index contributed by atoms with van der Waals surface area (Å²) in [7, 11) is -2.13. The molecule has 0 aliphatic carbocycles. The lowest BCUT2D eigenvalue weighted by molar-refractivity contribution is -0.117. The Morgan fingerprint density at radius 1 is 1.11 bits per heavy atom. The molecular formula is C20H26N2O4S. The van der Waals surface area contributed by atoms with Crippen LogP contribution in [0.15, 0.2) is 42.5 Å². The number of amides is 1. The number of rotatable bonds is 7. The van der Waals surface area contributed by atoms with Gasteiger partial charge in [0, 0.05) is 5.69 Å². The first-order valence-electron chi connectivity index (χ1n) is 8.68. The number of anilines is 2. The molecule has 0 saturated heterocycles. The van der Waals surface area contributed by atoms with E-state index in [1.807, 2.05) is 32.0 Å². The van der Waals surface area contributed by atoms with Crippen molar-refractivity contribution in [1.29, 1.82) is 0 Å². The molecule has 0 fully saturated rings. The van der Waals surface area contributed by atoms with Crippen LogP contribution in [0.3, 0.4) is 0 Å². The van der Waals surface area contributed by atoms with Gasteiger partial charge in [-0.3, -0.25) is 9.10 Å². The smallest absolute Gasteiger partial charge is 0.248 e. The van der Waals surface area contributed by atoms with Crippen LogP contribution in [0.25, 0.3) is 0 Å². The number of carbonyl (C=O) groups excluding carboxylic acids is 1. The van der Waals surface area contributed by atoms with Crippen molar-refractivity contribution in [1.82, 2.24) is 0 Å². The molecule has 0 spiro atoms. The van der Waals surface area contributed by atoms with Crippen molar-refractivity contribution in [3.63, 3.8) is 0 Å². The van der Waals surface area contributed by atoms with Crippen LogP contribution in [0.1, 0.15) is 24.5 Å². The Morgan fingerprint density at radius 2 is 1.67 bits per heavy atom. The summed E-state index contributed by atoms with van der Waals surface area (Å²) in [5, 5.41) is 2.85. The number of hydrogen-bond acceptors (Lipinski definition) is 4. The zero-order valence-corrected chi connectivity index (χ0v) is 17.1. The van der Waals surface area contributed by atoms with E-state index >= 15 is 0 Å². The van der Waals surface area contributed by atoms with E-state index in [9.17, 15) is 13.2 Å². The first kappa shape index (κ1) is 20.8. The predicted octanol–water partition coefficient (Wildman–Crippen LogP) is 3.50. The molecule has 1 N–H and O–H groups in total. The topological polar surface area (TPSA) is 75.7 Å². The summed E-state index contributed by atoms with van der Waals surface area (Å²) in [6.07, 6.45) is 1.43. The van der Waals surface area contributed by atoms with Crippen molar-refractivity contribution in [3.05, 3.63) is 53.6 Å². The number of ether oxygens (including phenoxy) is 1. The van der Waals surface area contributed by atoms with Gasteiger partial charge >= 0.3 is 0 Å². The summed E-state index contributed by atoms with van der Waals surface area (Å²) in [4.78, 5) is 12.9. The second kappa shape index (κ2) is 8.43. The highest BCUT2D eigenvalue weighted by molar-refractivity contribution is 7.92. The second-order valence-electron chi connectivity index (χ2n) is 6.55. The standard InChI is InChI=1S/C20H26N2O4S/c1-6-19(20(23)21-16-12-14(2)11-15(3)13-16)22(27(5,24)25)17-7-9-18(26-4)10-8-17/h7-13,19H,6H2,1-5H3,(H,21,23). The van der Waals surface area contributed by atoms with E-state index in [4.69, 9.17) is 4.74 Å². The lowest BCUT2D eigenvalue weighted by Crippen LogP contribution is -2.47. The van der Waals surface area contributed by atoms with Gasteiger partial charge < -0.3 is 10.1 Å². The Bertz CT molecular complexity index is 888.